The second-order valence-corrected chi connectivity index (χ2v) is 24.7. The average molecular weight is 1360 g/mol. The Morgan fingerprint density at radius 3 is 0.616 bits per heavy atom. The molecule has 0 saturated carbocycles. The fourth-order valence-corrected chi connectivity index (χ4v) is 14.5. The summed E-state index contributed by atoms with van der Waals surface area (Å²) in [6.45, 7) is 8.40. The van der Waals surface area contributed by atoms with E-state index in [0.717, 1.165) is 44.5 Å². The molecule has 12 aromatic rings. The number of nitrogens with one attached hydrogen (secondary N) is 4. The Labute approximate surface area is 628 Å². The molecule has 8 N–H and O–H groups in total. The molecule has 8 heterocycles. The zero-order valence-electron chi connectivity index (χ0n) is 54.7. The van der Waals surface area contributed by atoms with Crippen molar-refractivity contribution in [2.75, 3.05) is 0 Å². The van der Waals surface area contributed by atoms with Gasteiger partial charge in [0.05, 0.1) is 44.1 Å². The summed E-state index contributed by atoms with van der Waals surface area (Å²) in [6, 6.07) is 29.9. The fourth-order valence-electron chi connectivity index (χ4n) is 14.5. The predicted octanol–water partition coefficient (Wildman–Crippen LogP) is 6.79. The molecule has 4 aromatic heterocycles. The van der Waals surface area contributed by atoms with Crippen molar-refractivity contribution in [2.45, 2.75) is 103 Å². The fraction of sp³-hybridized carbons (Fsp3) is 0.222. The quantitative estimate of drug-likeness (QED) is 0.0584. The van der Waals surface area contributed by atoms with Crippen molar-refractivity contribution in [3.8, 4) is 92.0 Å². The minimum Gasteiger partial charge on any atom is -0.481 e. The van der Waals surface area contributed by atoms with Crippen LogP contribution in [-0.2, 0) is 44.9 Å². The molecule has 0 radical (unpaired) electrons. The number of benzene rings is 8. The maximum absolute atomic E-state index is 12.1. The Morgan fingerprint density at radius 1 is 0.283 bits per heavy atom. The molecule has 8 bridgehead atoms. The Morgan fingerprint density at radius 2 is 0.455 bits per heavy atom. The number of aromatic nitrogens is 8. The van der Waals surface area contributed by atoms with E-state index in [0.29, 0.717) is 116 Å². The van der Waals surface area contributed by atoms with Gasteiger partial charge in [-0.05, 0) is 49.9 Å². The second kappa shape index (κ2) is 25.9. The number of ether oxygens (including phenoxy) is 8. The maximum atomic E-state index is 12.1. The molecule has 480 valence electrons. The number of imidazole rings is 4. The third-order valence-corrected chi connectivity index (χ3v) is 18.6. The maximum Gasteiger partial charge on any atom is 1.00 e. The molecule has 0 fully saturated rings. The molecule has 99 heavy (non-hydrogen) atoms. The van der Waals surface area contributed by atoms with Gasteiger partial charge in [-0.1, -0.05) is 27.7 Å². The van der Waals surface area contributed by atoms with Crippen LogP contribution in [0.15, 0.2) is 97.1 Å². The van der Waals surface area contributed by atoms with Gasteiger partial charge in [0.15, 0.2) is 46.0 Å². The van der Waals surface area contributed by atoms with Crippen LogP contribution in [0.25, 0.3) is 44.1 Å². The summed E-state index contributed by atoms with van der Waals surface area (Å²) in [4.78, 5) is 79.9. The molecular formula is C72H56N8Na3O16+3. The molecule has 17 rings (SSSR count). The van der Waals surface area contributed by atoms with Gasteiger partial charge in [0.1, 0.15) is 95.0 Å². The number of nitrogens with zero attached hydrogens (tertiary/aromatic N) is 4. The first-order valence-corrected chi connectivity index (χ1v) is 31.6. The Hall–Kier alpha value is -9.08. The second-order valence-electron chi connectivity index (χ2n) is 24.7. The summed E-state index contributed by atoms with van der Waals surface area (Å²) < 4.78 is 58.2. The molecule has 4 unspecified atom stereocenters. The number of aromatic amines is 4. The first-order chi connectivity index (χ1) is 46.5. The zero-order chi connectivity index (χ0) is 65.7. The Kier molecular flexibility index (Phi) is 17.6. The average Bonchev–Trinajstić information content (AvgIpc) is 1.70. The Balaban J connectivity index is 0.00000279. The van der Waals surface area contributed by atoms with Crippen LogP contribution >= 0.6 is 0 Å². The van der Waals surface area contributed by atoms with E-state index < -0.39 is 47.5 Å². The monoisotopic (exact) mass is 1360 g/mol. The van der Waals surface area contributed by atoms with Crippen molar-refractivity contribution >= 4 is 68.0 Å². The number of H-pyrrole nitrogens is 4. The summed E-state index contributed by atoms with van der Waals surface area (Å²) in [5, 5.41) is 39.6. The van der Waals surface area contributed by atoms with E-state index in [4.69, 9.17) is 37.9 Å². The SMILES string of the molecule is CCC1c2cc3c4cc2Oc2cc5nc(CC(=O)O)[nH]c5cc2Oc2cc5c(cc21)C(CC)c1cc2c(cc1Oc1cc6[nH]c(CC(=O)O)nc6cc1O5)Oc1cc5nc(CC(=O)O)[nH]c5cc1Oc1cc(c(cc1C2CC)C3CC)Oc1cc2nc(CC(=O)O)[nH]c2cc1O4.[Na+].[Na+].[Na+]. The van der Waals surface area contributed by atoms with Crippen LogP contribution in [0.3, 0.4) is 0 Å². The van der Waals surface area contributed by atoms with Crippen molar-refractivity contribution in [3.63, 3.8) is 0 Å². The molecule has 0 spiro atoms. The third kappa shape index (κ3) is 11.8. The summed E-state index contributed by atoms with van der Waals surface area (Å²) in [5.41, 5.74) is 9.73. The number of carbonyl (C=O) groups is 4. The van der Waals surface area contributed by atoms with Crippen LogP contribution < -0.4 is 127 Å². The molecule has 1 aliphatic carbocycles. The van der Waals surface area contributed by atoms with Gasteiger partial charge in [-0.2, -0.15) is 0 Å². The number of hydrogen-bond donors (Lipinski definition) is 8. The van der Waals surface area contributed by atoms with Gasteiger partial charge in [0.2, 0.25) is 0 Å². The minimum atomic E-state index is -1.07. The number of carboxylic acids is 4. The summed E-state index contributed by atoms with van der Waals surface area (Å²) in [5.74, 6) is -0.156. The molecule has 4 atom stereocenters. The van der Waals surface area contributed by atoms with Crippen LogP contribution in [-0.4, -0.2) is 84.2 Å². The molecule has 5 aliphatic rings. The molecule has 27 heteroatoms. The number of carboxylic acid groups (broad SMARTS) is 4. The van der Waals surface area contributed by atoms with Crippen molar-refractivity contribution < 1.29 is 166 Å². The normalized spacial score (nSPS) is 16.1. The van der Waals surface area contributed by atoms with Crippen LogP contribution in [0.1, 0.15) is 145 Å². The Bertz CT molecular complexity index is 4500. The van der Waals surface area contributed by atoms with Gasteiger partial charge in [0, 0.05) is 141 Å². The van der Waals surface area contributed by atoms with Gasteiger partial charge in [-0.3, -0.25) is 19.2 Å². The third-order valence-electron chi connectivity index (χ3n) is 18.6. The molecule has 8 aromatic carbocycles. The standard InChI is InChI=1S/C72H56N8O16.3Na/c1-5-29-33-9-35-30(6-2)37-11-39-32(8-4)40-12-38-31(7-3)36-10-34(29)50-22-52(36)92-60-16-44-46(78-67(76-44)27-71(85)86)18-62(60)94-54(38)24-56(40)96-64-20-48-47(79-68(80-48)28-72(87)88)19-63(64)95-55(39)23-53(37)93-61-17-45-43(75-66(77-45)26-70(83)84)15-59(61)91-51(35)21-49(33)89-57-13-41-42(14-58(57)90-50)74-65(73-41)25-69(81)82;;;/h9-24,29-32H,5-8,25-28H2,1-4H3,(H,73,74)(H,75,77)(H,76,78)(H,79,80)(H,81,82)(H,83,84)(H,85,86)(H,87,88);;;/q;3*+1. The summed E-state index contributed by atoms with van der Waals surface area (Å²) in [7, 11) is 0. The molecular weight excluding hydrogens is 1300 g/mol. The largest absolute Gasteiger partial charge is 1.00 e. The van der Waals surface area contributed by atoms with E-state index in [1.807, 2.05) is 24.3 Å². The van der Waals surface area contributed by atoms with E-state index in [1.54, 1.807) is 48.5 Å². The van der Waals surface area contributed by atoms with Crippen molar-refractivity contribution in [3.05, 3.63) is 165 Å². The van der Waals surface area contributed by atoms with E-state index in [1.165, 1.54) is 0 Å². The zero-order valence-corrected chi connectivity index (χ0v) is 60.7. The van der Waals surface area contributed by atoms with Gasteiger partial charge in [0.25, 0.3) is 0 Å². The van der Waals surface area contributed by atoms with Crippen molar-refractivity contribution in [1.82, 2.24) is 39.9 Å². The molecule has 0 amide bonds. The van der Waals surface area contributed by atoms with Gasteiger partial charge in [-0.25, -0.2) is 19.9 Å². The molecule has 4 aliphatic heterocycles. The topological polar surface area (TPSA) is 338 Å². The summed E-state index contributed by atoms with van der Waals surface area (Å²) >= 11 is 0. The number of hydrogen-bond acceptors (Lipinski definition) is 16. The first kappa shape index (κ1) is 67.1. The van der Waals surface area contributed by atoms with E-state index in [-0.39, 0.29) is 184 Å². The van der Waals surface area contributed by atoms with Crippen LogP contribution in [0.4, 0.5) is 0 Å². The summed E-state index contributed by atoms with van der Waals surface area (Å²) in [6.07, 6.45) is 0.533. The number of rotatable bonds is 12. The van der Waals surface area contributed by atoms with Crippen molar-refractivity contribution in [1.29, 1.82) is 0 Å². The van der Waals surface area contributed by atoms with Crippen LogP contribution in [0, 0.1) is 0 Å². The predicted molar refractivity (Wildman–Crippen MR) is 345 cm³/mol. The first-order valence-electron chi connectivity index (χ1n) is 31.6. The van der Waals surface area contributed by atoms with E-state index >= 15 is 0 Å². The minimum absolute atomic E-state index is 0. The van der Waals surface area contributed by atoms with Crippen LogP contribution in [0.5, 0.6) is 92.0 Å². The van der Waals surface area contributed by atoms with Gasteiger partial charge in [-0.15, -0.1) is 0 Å². The van der Waals surface area contributed by atoms with E-state index in [2.05, 4.69) is 91.8 Å². The van der Waals surface area contributed by atoms with Crippen molar-refractivity contribution in [2.24, 2.45) is 0 Å². The molecule has 24 nitrogen and oxygen atoms in total. The van der Waals surface area contributed by atoms with E-state index in [9.17, 15) is 39.6 Å². The van der Waals surface area contributed by atoms with Crippen LogP contribution in [0.2, 0.25) is 0 Å². The van der Waals surface area contributed by atoms with Gasteiger partial charge >= 0.3 is 113 Å². The van der Waals surface area contributed by atoms with Gasteiger partial charge < -0.3 is 78.3 Å². The number of aliphatic carboxylic acids is 4. The molecule has 0 saturated heterocycles. The smallest absolute Gasteiger partial charge is 0.481 e. The number of fused-ring (bicyclic) bond motifs is 8.